The molecular formula is C36H30. The Morgan fingerprint density at radius 1 is 0.333 bits per heavy atom. The van der Waals surface area contributed by atoms with Crippen LogP contribution >= 0.6 is 0 Å². The highest BCUT2D eigenvalue weighted by Crippen LogP contribution is 2.56. The monoisotopic (exact) mass is 462 g/mol. The van der Waals surface area contributed by atoms with Crippen molar-refractivity contribution in [3.63, 3.8) is 0 Å². The summed E-state index contributed by atoms with van der Waals surface area (Å²) in [6, 6.07) is 40.6. The lowest BCUT2D eigenvalue weighted by Crippen LogP contribution is -2.18. The molecular weight excluding hydrogens is 432 g/mol. The molecule has 7 rings (SSSR count). The van der Waals surface area contributed by atoms with E-state index in [2.05, 4.69) is 137 Å². The predicted molar refractivity (Wildman–Crippen MR) is 152 cm³/mol. The Kier molecular flexibility index (Phi) is 4.34. The van der Waals surface area contributed by atoms with Crippen LogP contribution < -0.4 is 0 Å². The van der Waals surface area contributed by atoms with Crippen molar-refractivity contribution in [1.82, 2.24) is 0 Å². The Morgan fingerprint density at radius 3 is 1.61 bits per heavy atom. The van der Waals surface area contributed by atoms with Gasteiger partial charge in [0.1, 0.15) is 0 Å². The van der Waals surface area contributed by atoms with Crippen molar-refractivity contribution in [2.24, 2.45) is 0 Å². The largest absolute Gasteiger partial charge is 0.0622 e. The average Bonchev–Trinajstić information content (AvgIpc) is 3.27. The van der Waals surface area contributed by atoms with Gasteiger partial charge in [0.05, 0.1) is 0 Å². The maximum Gasteiger partial charge on any atom is 0.0158 e. The maximum absolute atomic E-state index is 2.51. The van der Waals surface area contributed by atoms with Crippen LogP contribution in [-0.2, 0) is 10.8 Å². The van der Waals surface area contributed by atoms with Crippen LogP contribution in [0.1, 0.15) is 49.9 Å². The SMILES string of the molecule is CC1(C)c2ccccc2-c2cc3c(cc21)C(C)(C)c1ccc(-c2cccc(-c4ccccc4)c2)cc1-3. The fourth-order valence-corrected chi connectivity index (χ4v) is 6.63. The molecule has 174 valence electrons. The van der Waals surface area contributed by atoms with Crippen LogP contribution in [0.15, 0.2) is 109 Å². The predicted octanol–water partition coefficient (Wildman–Crippen LogP) is 9.63. The molecule has 2 aliphatic carbocycles. The summed E-state index contributed by atoms with van der Waals surface area (Å²) in [6.07, 6.45) is 0. The zero-order valence-corrected chi connectivity index (χ0v) is 21.4. The molecule has 0 radical (unpaired) electrons. The topological polar surface area (TPSA) is 0 Å². The van der Waals surface area contributed by atoms with Crippen LogP contribution in [0.5, 0.6) is 0 Å². The molecule has 0 fully saturated rings. The van der Waals surface area contributed by atoms with Gasteiger partial charge in [0, 0.05) is 10.8 Å². The molecule has 0 heteroatoms. The zero-order chi connectivity index (χ0) is 24.7. The van der Waals surface area contributed by atoms with Gasteiger partial charge in [0.15, 0.2) is 0 Å². The summed E-state index contributed by atoms with van der Waals surface area (Å²) in [4.78, 5) is 0. The molecule has 0 saturated carbocycles. The van der Waals surface area contributed by atoms with E-state index < -0.39 is 0 Å². The molecule has 0 N–H and O–H groups in total. The van der Waals surface area contributed by atoms with Gasteiger partial charge in [-0.15, -0.1) is 0 Å². The quantitative estimate of drug-likeness (QED) is 0.245. The van der Waals surface area contributed by atoms with Crippen molar-refractivity contribution in [3.05, 3.63) is 131 Å². The van der Waals surface area contributed by atoms with Gasteiger partial charge in [0.25, 0.3) is 0 Å². The van der Waals surface area contributed by atoms with Crippen LogP contribution in [0.2, 0.25) is 0 Å². The van der Waals surface area contributed by atoms with Crippen LogP contribution in [0, 0.1) is 0 Å². The minimum Gasteiger partial charge on any atom is -0.0622 e. The molecule has 0 nitrogen and oxygen atoms in total. The number of fused-ring (bicyclic) bond motifs is 6. The molecule has 5 aromatic carbocycles. The summed E-state index contributed by atoms with van der Waals surface area (Å²) in [7, 11) is 0. The summed E-state index contributed by atoms with van der Waals surface area (Å²) in [6.45, 7) is 9.51. The highest BCUT2D eigenvalue weighted by Gasteiger charge is 2.41. The van der Waals surface area contributed by atoms with Gasteiger partial charge in [-0.05, 0) is 85.0 Å². The second-order valence-electron chi connectivity index (χ2n) is 11.4. The Labute approximate surface area is 214 Å². The first-order valence-corrected chi connectivity index (χ1v) is 13.0. The summed E-state index contributed by atoms with van der Waals surface area (Å²) in [5.74, 6) is 0. The Hall–Kier alpha value is -3.90. The number of benzene rings is 5. The lowest BCUT2D eigenvalue weighted by molar-refractivity contribution is 0.639. The van der Waals surface area contributed by atoms with Crippen LogP contribution in [-0.4, -0.2) is 0 Å². The van der Waals surface area contributed by atoms with E-state index in [0.717, 1.165) is 0 Å². The summed E-state index contributed by atoms with van der Waals surface area (Å²) in [5.41, 5.74) is 16.4. The minimum absolute atomic E-state index is 0.0189. The highest BCUT2D eigenvalue weighted by molar-refractivity contribution is 5.91. The smallest absolute Gasteiger partial charge is 0.0158 e. The molecule has 0 amide bonds. The average molecular weight is 463 g/mol. The van der Waals surface area contributed by atoms with Gasteiger partial charge < -0.3 is 0 Å². The van der Waals surface area contributed by atoms with Crippen LogP contribution in [0.25, 0.3) is 44.5 Å². The van der Waals surface area contributed by atoms with Crippen molar-refractivity contribution in [2.45, 2.75) is 38.5 Å². The molecule has 2 aliphatic rings. The fourth-order valence-electron chi connectivity index (χ4n) is 6.63. The molecule has 0 saturated heterocycles. The second kappa shape index (κ2) is 7.31. The summed E-state index contributed by atoms with van der Waals surface area (Å²) < 4.78 is 0. The third kappa shape index (κ3) is 2.88. The molecule has 0 heterocycles. The van der Waals surface area contributed by atoms with Crippen molar-refractivity contribution in [2.75, 3.05) is 0 Å². The molecule has 5 aromatic rings. The summed E-state index contributed by atoms with van der Waals surface area (Å²) in [5, 5.41) is 0. The van der Waals surface area contributed by atoms with Crippen molar-refractivity contribution in [1.29, 1.82) is 0 Å². The molecule has 0 bridgehead atoms. The van der Waals surface area contributed by atoms with Gasteiger partial charge in [-0.25, -0.2) is 0 Å². The molecule has 0 aromatic heterocycles. The van der Waals surface area contributed by atoms with Crippen LogP contribution in [0.4, 0.5) is 0 Å². The molecule has 0 aliphatic heterocycles. The lowest BCUT2D eigenvalue weighted by atomic mass is 9.77. The van der Waals surface area contributed by atoms with Crippen LogP contribution in [0.3, 0.4) is 0 Å². The number of hydrogen-bond donors (Lipinski definition) is 0. The van der Waals surface area contributed by atoms with E-state index in [1.807, 2.05) is 0 Å². The van der Waals surface area contributed by atoms with Crippen molar-refractivity contribution < 1.29 is 0 Å². The highest BCUT2D eigenvalue weighted by atomic mass is 14.4. The number of rotatable bonds is 2. The molecule has 36 heavy (non-hydrogen) atoms. The third-order valence-electron chi connectivity index (χ3n) is 8.68. The first-order valence-electron chi connectivity index (χ1n) is 13.0. The van der Waals surface area contributed by atoms with E-state index in [0.29, 0.717) is 0 Å². The Bertz CT molecular complexity index is 1660. The molecule has 0 atom stereocenters. The standard InChI is InChI=1S/C36H30/c1-35(2)31-16-9-8-15-27(31)29-21-30-28-20-26(17-18-32(28)36(3,4)34(30)22-33(29)35)25-14-10-13-24(19-25)23-11-6-5-7-12-23/h5-22H,1-4H3. The van der Waals surface area contributed by atoms with Crippen molar-refractivity contribution >= 4 is 0 Å². The minimum atomic E-state index is -0.0189. The van der Waals surface area contributed by atoms with E-state index in [1.165, 1.54) is 66.8 Å². The second-order valence-corrected chi connectivity index (χ2v) is 11.4. The fraction of sp³-hybridized carbons (Fsp3) is 0.167. The third-order valence-corrected chi connectivity index (χ3v) is 8.68. The van der Waals surface area contributed by atoms with E-state index in [9.17, 15) is 0 Å². The molecule has 0 spiro atoms. The zero-order valence-electron chi connectivity index (χ0n) is 21.4. The van der Waals surface area contributed by atoms with E-state index in [-0.39, 0.29) is 10.8 Å². The summed E-state index contributed by atoms with van der Waals surface area (Å²) >= 11 is 0. The Balaban J connectivity index is 1.40. The van der Waals surface area contributed by atoms with E-state index in [1.54, 1.807) is 0 Å². The van der Waals surface area contributed by atoms with Gasteiger partial charge >= 0.3 is 0 Å². The van der Waals surface area contributed by atoms with Gasteiger partial charge in [-0.3, -0.25) is 0 Å². The normalized spacial score (nSPS) is 15.7. The van der Waals surface area contributed by atoms with E-state index in [4.69, 9.17) is 0 Å². The Morgan fingerprint density at radius 2 is 0.861 bits per heavy atom. The lowest BCUT2D eigenvalue weighted by Gasteiger charge is -2.25. The van der Waals surface area contributed by atoms with E-state index >= 15 is 0 Å². The van der Waals surface area contributed by atoms with Gasteiger partial charge in [-0.2, -0.15) is 0 Å². The first-order chi connectivity index (χ1) is 17.4. The first kappa shape index (κ1) is 21.4. The maximum atomic E-state index is 2.51. The van der Waals surface area contributed by atoms with Gasteiger partial charge in [-0.1, -0.05) is 119 Å². The van der Waals surface area contributed by atoms with Crippen molar-refractivity contribution in [3.8, 4) is 44.5 Å². The number of hydrogen-bond acceptors (Lipinski definition) is 0. The molecule has 0 unspecified atom stereocenters. The van der Waals surface area contributed by atoms with Gasteiger partial charge in [0.2, 0.25) is 0 Å².